The molecule has 0 saturated heterocycles. The van der Waals surface area contributed by atoms with Gasteiger partial charge in [0, 0.05) is 29.9 Å². The van der Waals surface area contributed by atoms with Gasteiger partial charge >= 0.3 is 0 Å². The molecule has 5 rings (SSSR count). The van der Waals surface area contributed by atoms with E-state index in [-0.39, 0.29) is 17.9 Å². The number of hydrogen-bond acceptors (Lipinski definition) is 4. The first-order valence-corrected chi connectivity index (χ1v) is 9.78. The number of rotatable bonds is 5. The van der Waals surface area contributed by atoms with E-state index in [0.29, 0.717) is 23.7 Å². The van der Waals surface area contributed by atoms with E-state index in [4.69, 9.17) is 0 Å². The van der Waals surface area contributed by atoms with Gasteiger partial charge in [-0.05, 0) is 36.4 Å². The molecule has 0 atom stereocenters. The Morgan fingerprint density at radius 1 is 0.867 bits per heavy atom. The average Bonchev–Trinajstić information content (AvgIpc) is 3.20. The van der Waals surface area contributed by atoms with E-state index in [1.807, 2.05) is 69.8 Å². The summed E-state index contributed by atoms with van der Waals surface area (Å²) in [6.07, 6.45) is 2.48. The zero-order chi connectivity index (χ0) is 20.5. The number of carbonyl (C=O) groups is 1. The van der Waals surface area contributed by atoms with Crippen molar-refractivity contribution in [2.75, 3.05) is 6.54 Å². The number of nitrogens with one attached hydrogen (secondary N) is 1. The number of nitrogens with zero attached hydrogens (tertiary/aromatic N) is 4. The highest BCUT2D eigenvalue weighted by Crippen LogP contribution is 2.18. The predicted octanol–water partition coefficient (Wildman–Crippen LogP) is 2.56. The van der Waals surface area contributed by atoms with E-state index in [9.17, 15) is 9.59 Å². The van der Waals surface area contributed by atoms with Gasteiger partial charge in [0.2, 0.25) is 5.91 Å². The maximum atomic E-state index is 12.8. The minimum Gasteiger partial charge on any atom is -0.354 e. The minimum atomic E-state index is -0.122. The molecule has 30 heavy (non-hydrogen) atoms. The standard InChI is InChI=1S/C23H19N5O2/c29-22(24-13-12-21-26-25-20-11-5-6-14-27(20)21)15-28-18-9-3-1-7-16(18)23(30)17-8-2-4-10-19(17)28/h1-11,14H,12-13,15H2,(H,24,29). The van der Waals surface area contributed by atoms with E-state index in [2.05, 4.69) is 15.5 Å². The van der Waals surface area contributed by atoms with Crippen molar-refractivity contribution in [1.29, 1.82) is 0 Å². The zero-order valence-corrected chi connectivity index (χ0v) is 16.2. The van der Waals surface area contributed by atoms with Crippen molar-refractivity contribution in [1.82, 2.24) is 24.5 Å². The fraction of sp³-hybridized carbons (Fsp3) is 0.130. The molecule has 5 aromatic rings. The molecule has 7 heteroatoms. The first-order chi connectivity index (χ1) is 14.7. The Labute approximate surface area is 171 Å². The number of benzene rings is 2. The Hall–Kier alpha value is -4.00. The second-order valence-corrected chi connectivity index (χ2v) is 7.09. The van der Waals surface area contributed by atoms with Gasteiger partial charge in [-0.25, -0.2) is 0 Å². The van der Waals surface area contributed by atoms with Gasteiger partial charge in [0.05, 0.1) is 11.0 Å². The van der Waals surface area contributed by atoms with Crippen LogP contribution in [0.25, 0.3) is 27.5 Å². The lowest BCUT2D eigenvalue weighted by atomic mass is 10.1. The SMILES string of the molecule is O=C(Cn1c2ccccc2c(=O)c2ccccc21)NCCc1nnc2ccccn12. The second-order valence-electron chi connectivity index (χ2n) is 7.09. The smallest absolute Gasteiger partial charge is 0.239 e. The van der Waals surface area contributed by atoms with Crippen LogP contribution in [0.15, 0.2) is 77.7 Å². The highest BCUT2D eigenvalue weighted by atomic mass is 16.2. The first-order valence-electron chi connectivity index (χ1n) is 9.78. The van der Waals surface area contributed by atoms with E-state index in [1.165, 1.54) is 0 Å². The normalized spacial score (nSPS) is 11.3. The molecule has 1 N–H and O–H groups in total. The molecule has 0 saturated carbocycles. The summed E-state index contributed by atoms with van der Waals surface area (Å²) in [5.74, 6) is 0.674. The second kappa shape index (κ2) is 7.44. The number of amides is 1. The quantitative estimate of drug-likeness (QED) is 0.462. The zero-order valence-electron chi connectivity index (χ0n) is 16.2. The summed E-state index contributed by atoms with van der Waals surface area (Å²) in [7, 11) is 0. The summed E-state index contributed by atoms with van der Waals surface area (Å²) >= 11 is 0. The van der Waals surface area contributed by atoms with Gasteiger partial charge in [0.25, 0.3) is 0 Å². The number of pyridine rings is 2. The van der Waals surface area contributed by atoms with E-state index in [1.54, 1.807) is 12.1 Å². The molecule has 3 aromatic heterocycles. The van der Waals surface area contributed by atoms with Gasteiger partial charge in [0.15, 0.2) is 11.1 Å². The van der Waals surface area contributed by atoms with Crippen molar-refractivity contribution in [3.8, 4) is 0 Å². The number of hydrogen-bond donors (Lipinski definition) is 1. The Kier molecular flexibility index (Phi) is 4.48. The number of aromatic nitrogens is 4. The number of para-hydroxylation sites is 2. The van der Waals surface area contributed by atoms with Crippen LogP contribution in [-0.4, -0.2) is 31.6 Å². The molecular weight excluding hydrogens is 378 g/mol. The molecule has 0 spiro atoms. The molecule has 2 aromatic carbocycles. The molecule has 0 aliphatic carbocycles. The van der Waals surface area contributed by atoms with Gasteiger partial charge < -0.3 is 9.88 Å². The van der Waals surface area contributed by atoms with Crippen LogP contribution in [-0.2, 0) is 17.8 Å². The molecule has 1 amide bonds. The summed E-state index contributed by atoms with van der Waals surface area (Å²) < 4.78 is 3.81. The lowest BCUT2D eigenvalue weighted by Gasteiger charge is -2.15. The average molecular weight is 397 g/mol. The molecular formula is C23H19N5O2. The van der Waals surface area contributed by atoms with Gasteiger partial charge in [-0.2, -0.15) is 0 Å². The minimum absolute atomic E-state index is 0.0171. The maximum absolute atomic E-state index is 12.8. The maximum Gasteiger partial charge on any atom is 0.239 e. The first kappa shape index (κ1) is 18.1. The Morgan fingerprint density at radius 3 is 2.27 bits per heavy atom. The Balaban J connectivity index is 1.39. The third-order valence-corrected chi connectivity index (χ3v) is 5.24. The molecule has 0 bridgehead atoms. The fourth-order valence-electron chi connectivity index (χ4n) is 3.82. The van der Waals surface area contributed by atoms with Gasteiger partial charge in [-0.3, -0.25) is 14.0 Å². The van der Waals surface area contributed by atoms with E-state index < -0.39 is 0 Å². The van der Waals surface area contributed by atoms with Gasteiger partial charge in [0.1, 0.15) is 12.4 Å². The van der Waals surface area contributed by atoms with Crippen molar-refractivity contribution < 1.29 is 4.79 Å². The topological polar surface area (TPSA) is 81.3 Å². The highest BCUT2D eigenvalue weighted by Gasteiger charge is 2.13. The molecule has 148 valence electrons. The van der Waals surface area contributed by atoms with Crippen LogP contribution < -0.4 is 10.7 Å². The van der Waals surface area contributed by atoms with Crippen LogP contribution in [0.4, 0.5) is 0 Å². The molecule has 0 radical (unpaired) electrons. The molecule has 0 aliphatic rings. The van der Waals surface area contributed by atoms with E-state index in [0.717, 1.165) is 22.5 Å². The van der Waals surface area contributed by atoms with E-state index >= 15 is 0 Å². The Morgan fingerprint density at radius 2 is 1.53 bits per heavy atom. The van der Waals surface area contributed by atoms with Gasteiger partial charge in [-0.1, -0.05) is 30.3 Å². The lowest BCUT2D eigenvalue weighted by molar-refractivity contribution is -0.121. The summed E-state index contributed by atoms with van der Waals surface area (Å²) in [4.78, 5) is 25.5. The monoisotopic (exact) mass is 397 g/mol. The molecule has 3 heterocycles. The molecule has 0 fully saturated rings. The van der Waals surface area contributed by atoms with Crippen molar-refractivity contribution in [3.63, 3.8) is 0 Å². The molecule has 0 aliphatic heterocycles. The predicted molar refractivity (Wildman–Crippen MR) is 115 cm³/mol. The van der Waals surface area contributed by atoms with Gasteiger partial charge in [-0.15, -0.1) is 10.2 Å². The van der Waals surface area contributed by atoms with Crippen LogP contribution in [0.2, 0.25) is 0 Å². The molecule has 0 unspecified atom stereocenters. The summed E-state index contributed by atoms with van der Waals surface area (Å²) in [5, 5.41) is 12.5. The number of fused-ring (bicyclic) bond motifs is 3. The van der Waals surface area contributed by atoms with Crippen LogP contribution in [0.3, 0.4) is 0 Å². The van der Waals surface area contributed by atoms with Crippen LogP contribution in [0.1, 0.15) is 5.82 Å². The third-order valence-electron chi connectivity index (χ3n) is 5.24. The van der Waals surface area contributed by atoms with Crippen LogP contribution >= 0.6 is 0 Å². The lowest BCUT2D eigenvalue weighted by Crippen LogP contribution is -2.30. The molecule has 7 nitrogen and oxygen atoms in total. The number of carbonyl (C=O) groups excluding carboxylic acids is 1. The van der Waals surface area contributed by atoms with Crippen molar-refractivity contribution >= 4 is 33.4 Å². The summed E-state index contributed by atoms with van der Waals surface area (Å²) in [6.45, 7) is 0.576. The summed E-state index contributed by atoms with van der Waals surface area (Å²) in [6, 6.07) is 20.5. The highest BCUT2D eigenvalue weighted by molar-refractivity contribution is 5.94. The van der Waals surface area contributed by atoms with Crippen molar-refractivity contribution in [2.24, 2.45) is 0 Å². The van der Waals surface area contributed by atoms with Crippen molar-refractivity contribution in [3.05, 3.63) is 89.0 Å². The van der Waals surface area contributed by atoms with Crippen molar-refractivity contribution in [2.45, 2.75) is 13.0 Å². The summed E-state index contributed by atoms with van der Waals surface area (Å²) in [5.41, 5.74) is 2.26. The fourth-order valence-corrected chi connectivity index (χ4v) is 3.82. The third kappa shape index (κ3) is 3.10. The Bertz CT molecular complexity index is 1390. The van der Waals surface area contributed by atoms with Crippen LogP contribution in [0, 0.1) is 0 Å². The van der Waals surface area contributed by atoms with Crippen LogP contribution in [0.5, 0.6) is 0 Å². The largest absolute Gasteiger partial charge is 0.354 e.